The van der Waals surface area contributed by atoms with Crippen LogP contribution in [0.1, 0.15) is 13.3 Å². The van der Waals surface area contributed by atoms with E-state index in [1.54, 1.807) is 6.92 Å². The SMILES string of the molecule is CCN(CCCNC(=O)Nc1c(F)cccc1F)S(C)(=O)=O. The van der Waals surface area contributed by atoms with Crippen molar-refractivity contribution in [3.05, 3.63) is 29.8 Å². The molecule has 0 aliphatic heterocycles. The lowest BCUT2D eigenvalue weighted by molar-refractivity contribution is 0.251. The van der Waals surface area contributed by atoms with E-state index in [0.29, 0.717) is 13.0 Å². The Morgan fingerprint density at radius 2 is 1.86 bits per heavy atom. The monoisotopic (exact) mass is 335 g/mol. The molecule has 0 saturated carbocycles. The van der Waals surface area contributed by atoms with E-state index < -0.39 is 33.4 Å². The van der Waals surface area contributed by atoms with Gasteiger partial charge >= 0.3 is 6.03 Å². The van der Waals surface area contributed by atoms with Crippen LogP contribution >= 0.6 is 0 Å². The minimum atomic E-state index is -3.27. The number of nitrogens with one attached hydrogen (secondary N) is 2. The molecule has 0 spiro atoms. The van der Waals surface area contributed by atoms with Gasteiger partial charge in [-0.25, -0.2) is 26.3 Å². The van der Waals surface area contributed by atoms with Crippen molar-refractivity contribution in [2.24, 2.45) is 0 Å². The van der Waals surface area contributed by atoms with Crippen LogP contribution in [0, 0.1) is 11.6 Å². The Morgan fingerprint density at radius 1 is 1.27 bits per heavy atom. The van der Waals surface area contributed by atoms with Crippen molar-refractivity contribution in [3.8, 4) is 0 Å². The number of anilines is 1. The summed E-state index contributed by atoms with van der Waals surface area (Å²) < 4.78 is 50.6. The maximum Gasteiger partial charge on any atom is 0.319 e. The van der Waals surface area contributed by atoms with E-state index in [-0.39, 0.29) is 13.1 Å². The van der Waals surface area contributed by atoms with Crippen LogP contribution in [0.5, 0.6) is 0 Å². The number of sulfonamides is 1. The molecule has 22 heavy (non-hydrogen) atoms. The van der Waals surface area contributed by atoms with Gasteiger partial charge in [-0.15, -0.1) is 0 Å². The van der Waals surface area contributed by atoms with Crippen LogP contribution in [0.15, 0.2) is 18.2 Å². The van der Waals surface area contributed by atoms with Crippen molar-refractivity contribution >= 4 is 21.7 Å². The molecule has 0 aromatic heterocycles. The predicted molar refractivity (Wildman–Crippen MR) is 80.1 cm³/mol. The van der Waals surface area contributed by atoms with Gasteiger partial charge in [0.15, 0.2) is 0 Å². The summed E-state index contributed by atoms with van der Waals surface area (Å²) in [5.41, 5.74) is -0.522. The molecule has 1 rings (SSSR count). The average Bonchev–Trinajstić information content (AvgIpc) is 2.41. The summed E-state index contributed by atoms with van der Waals surface area (Å²) in [7, 11) is -3.27. The molecule has 0 radical (unpaired) electrons. The van der Waals surface area contributed by atoms with Crippen LogP contribution < -0.4 is 10.6 Å². The van der Waals surface area contributed by atoms with Crippen LogP contribution in [-0.2, 0) is 10.0 Å². The number of benzene rings is 1. The normalized spacial score (nSPS) is 11.5. The van der Waals surface area contributed by atoms with Gasteiger partial charge in [-0.1, -0.05) is 13.0 Å². The molecule has 0 aliphatic carbocycles. The van der Waals surface area contributed by atoms with E-state index in [9.17, 15) is 22.0 Å². The number of halogens is 2. The zero-order valence-electron chi connectivity index (χ0n) is 12.4. The Morgan fingerprint density at radius 3 is 2.36 bits per heavy atom. The fraction of sp³-hybridized carbons (Fsp3) is 0.462. The zero-order chi connectivity index (χ0) is 16.8. The third-order valence-electron chi connectivity index (χ3n) is 2.89. The lowest BCUT2D eigenvalue weighted by Gasteiger charge is -2.17. The Hall–Kier alpha value is -1.74. The fourth-order valence-corrected chi connectivity index (χ4v) is 2.72. The standard InChI is InChI=1S/C13H19F2N3O3S/c1-3-18(22(2,20)21)9-5-8-16-13(19)17-12-10(14)6-4-7-11(12)15/h4,6-7H,3,5,8-9H2,1-2H3,(H2,16,17,19). The lowest BCUT2D eigenvalue weighted by atomic mass is 10.3. The predicted octanol–water partition coefficient (Wildman–Crippen LogP) is 1.76. The van der Waals surface area contributed by atoms with Crippen molar-refractivity contribution < 1.29 is 22.0 Å². The first-order valence-electron chi connectivity index (χ1n) is 6.69. The quantitative estimate of drug-likeness (QED) is 0.745. The number of nitrogens with zero attached hydrogens (tertiary/aromatic N) is 1. The van der Waals surface area contributed by atoms with E-state index in [2.05, 4.69) is 10.6 Å². The fourth-order valence-electron chi connectivity index (χ4n) is 1.79. The molecule has 1 aromatic rings. The Kier molecular flexibility index (Phi) is 6.69. The topological polar surface area (TPSA) is 78.5 Å². The van der Waals surface area contributed by atoms with Gasteiger partial charge in [0.25, 0.3) is 0 Å². The zero-order valence-corrected chi connectivity index (χ0v) is 13.2. The van der Waals surface area contributed by atoms with Gasteiger partial charge in [0.1, 0.15) is 17.3 Å². The van der Waals surface area contributed by atoms with Crippen LogP contribution in [0.4, 0.5) is 19.3 Å². The molecule has 6 nitrogen and oxygen atoms in total. The molecule has 2 amide bonds. The first kappa shape index (κ1) is 18.3. The number of rotatable bonds is 7. The number of urea groups is 1. The van der Waals surface area contributed by atoms with Crippen LogP contribution in [0.3, 0.4) is 0 Å². The van der Waals surface area contributed by atoms with Crippen molar-refractivity contribution in [2.75, 3.05) is 31.2 Å². The average molecular weight is 335 g/mol. The molecule has 0 unspecified atom stereocenters. The van der Waals surface area contributed by atoms with Gasteiger partial charge in [-0.2, -0.15) is 0 Å². The maximum absolute atomic E-state index is 13.3. The van der Waals surface area contributed by atoms with E-state index >= 15 is 0 Å². The summed E-state index contributed by atoms with van der Waals surface area (Å²) in [5, 5.41) is 4.49. The maximum atomic E-state index is 13.3. The van der Waals surface area contributed by atoms with E-state index in [1.165, 1.54) is 10.4 Å². The number of hydrogen-bond donors (Lipinski definition) is 2. The molecule has 2 N–H and O–H groups in total. The Labute approximate surface area is 128 Å². The van der Waals surface area contributed by atoms with Crippen molar-refractivity contribution in [1.29, 1.82) is 0 Å². The summed E-state index contributed by atoms with van der Waals surface area (Å²) in [6, 6.07) is 2.50. The summed E-state index contributed by atoms with van der Waals surface area (Å²) in [6.07, 6.45) is 1.49. The first-order valence-corrected chi connectivity index (χ1v) is 8.54. The second-order valence-corrected chi connectivity index (χ2v) is 6.57. The number of hydrogen-bond acceptors (Lipinski definition) is 3. The summed E-state index contributed by atoms with van der Waals surface area (Å²) >= 11 is 0. The molecule has 9 heteroatoms. The third-order valence-corrected chi connectivity index (χ3v) is 4.27. The second kappa shape index (κ2) is 8.04. The molecular formula is C13H19F2N3O3S. The Balaban J connectivity index is 2.41. The van der Waals surface area contributed by atoms with E-state index in [4.69, 9.17) is 0 Å². The molecule has 124 valence electrons. The van der Waals surface area contributed by atoms with Gasteiger partial charge in [0.2, 0.25) is 10.0 Å². The first-order chi connectivity index (χ1) is 10.3. The van der Waals surface area contributed by atoms with Gasteiger partial charge in [-0.05, 0) is 18.6 Å². The highest BCUT2D eigenvalue weighted by Gasteiger charge is 2.14. The van der Waals surface area contributed by atoms with Gasteiger partial charge in [0, 0.05) is 19.6 Å². The number of carbonyl (C=O) groups excluding carboxylic acids is 1. The number of carbonyl (C=O) groups is 1. The molecule has 0 aliphatic rings. The summed E-state index contributed by atoms with van der Waals surface area (Å²) in [4.78, 5) is 11.5. The highest BCUT2D eigenvalue weighted by molar-refractivity contribution is 7.88. The van der Waals surface area contributed by atoms with E-state index in [0.717, 1.165) is 18.4 Å². The van der Waals surface area contributed by atoms with Crippen LogP contribution in [-0.4, -0.2) is 44.6 Å². The second-order valence-electron chi connectivity index (χ2n) is 4.59. The number of amides is 2. The van der Waals surface area contributed by atoms with Gasteiger partial charge < -0.3 is 10.6 Å². The minimum Gasteiger partial charge on any atom is -0.338 e. The third kappa shape index (κ3) is 5.57. The molecule has 0 fully saturated rings. The largest absolute Gasteiger partial charge is 0.338 e. The highest BCUT2D eigenvalue weighted by atomic mass is 32.2. The minimum absolute atomic E-state index is 0.175. The summed E-state index contributed by atoms with van der Waals surface area (Å²) in [6.45, 7) is 2.48. The molecule has 0 heterocycles. The van der Waals surface area contributed by atoms with Gasteiger partial charge in [-0.3, -0.25) is 0 Å². The van der Waals surface area contributed by atoms with Crippen molar-refractivity contribution in [3.63, 3.8) is 0 Å². The molecular weight excluding hydrogens is 316 g/mol. The molecule has 1 aromatic carbocycles. The van der Waals surface area contributed by atoms with Crippen molar-refractivity contribution in [1.82, 2.24) is 9.62 Å². The van der Waals surface area contributed by atoms with Crippen molar-refractivity contribution in [2.45, 2.75) is 13.3 Å². The number of para-hydroxylation sites is 1. The molecule has 0 atom stereocenters. The lowest BCUT2D eigenvalue weighted by Crippen LogP contribution is -2.35. The van der Waals surface area contributed by atoms with E-state index in [1.807, 2.05) is 0 Å². The highest BCUT2D eigenvalue weighted by Crippen LogP contribution is 2.17. The van der Waals surface area contributed by atoms with Crippen LogP contribution in [0.25, 0.3) is 0 Å². The van der Waals surface area contributed by atoms with Gasteiger partial charge in [0.05, 0.1) is 6.26 Å². The smallest absolute Gasteiger partial charge is 0.319 e. The molecule has 0 saturated heterocycles. The van der Waals surface area contributed by atoms with Crippen LogP contribution in [0.2, 0.25) is 0 Å². The Bertz CT molecular complexity index is 603. The molecule has 0 bridgehead atoms. The summed E-state index contributed by atoms with van der Waals surface area (Å²) in [5.74, 6) is -1.74.